The Hall–Kier alpha value is -1.95. The summed E-state index contributed by atoms with van der Waals surface area (Å²) in [5.74, 6) is -0.650. The first-order valence-electron chi connectivity index (χ1n) is 6.06. The summed E-state index contributed by atoms with van der Waals surface area (Å²) in [6.45, 7) is 2.62. The van der Waals surface area contributed by atoms with Gasteiger partial charge in [0.15, 0.2) is 0 Å². The molecule has 0 saturated carbocycles. The topological polar surface area (TPSA) is 54.0 Å². The van der Waals surface area contributed by atoms with Crippen LogP contribution in [-0.4, -0.2) is 17.4 Å². The number of rotatable bonds is 4. The van der Waals surface area contributed by atoms with Gasteiger partial charge in [-0.3, -0.25) is 9.78 Å². The molecule has 2 aromatic rings. The van der Waals surface area contributed by atoms with Crippen molar-refractivity contribution in [3.05, 3.63) is 52.5 Å². The molecule has 4 nitrogen and oxygen atoms in total. The normalized spacial score (nSPS) is 10.2. The van der Waals surface area contributed by atoms with Crippen LogP contribution in [0.4, 0.5) is 15.8 Å². The fraction of sp³-hybridized carbons (Fsp3) is 0.143. The number of anilines is 2. The number of halogens is 2. The number of hydrogen-bond donors (Lipinski definition) is 2. The summed E-state index contributed by atoms with van der Waals surface area (Å²) in [4.78, 5) is 16.2. The number of carbonyl (C=O) groups is 1. The highest BCUT2D eigenvalue weighted by Crippen LogP contribution is 2.24. The molecule has 104 valence electrons. The first kappa shape index (κ1) is 14.5. The zero-order valence-electron chi connectivity index (χ0n) is 10.8. The van der Waals surface area contributed by atoms with Crippen molar-refractivity contribution in [1.82, 2.24) is 4.98 Å². The lowest BCUT2D eigenvalue weighted by atomic mass is 10.2. The number of nitrogens with zero attached hydrogens (tertiary/aromatic N) is 1. The van der Waals surface area contributed by atoms with E-state index in [2.05, 4.69) is 31.5 Å². The van der Waals surface area contributed by atoms with Crippen molar-refractivity contribution < 1.29 is 9.18 Å². The molecule has 0 radical (unpaired) electrons. The Bertz CT molecular complexity index is 634. The summed E-state index contributed by atoms with van der Waals surface area (Å²) in [5.41, 5.74) is 1.65. The van der Waals surface area contributed by atoms with E-state index >= 15 is 0 Å². The lowest BCUT2D eigenvalue weighted by molar-refractivity contribution is 0.102. The van der Waals surface area contributed by atoms with Crippen LogP contribution in [0.3, 0.4) is 0 Å². The second-order valence-electron chi connectivity index (χ2n) is 4.03. The fourth-order valence-corrected chi connectivity index (χ4v) is 2.15. The summed E-state index contributed by atoms with van der Waals surface area (Å²) in [6.07, 6.45) is 3.15. The molecule has 0 aliphatic carbocycles. The average molecular weight is 338 g/mol. The second-order valence-corrected chi connectivity index (χ2v) is 4.88. The first-order valence-corrected chi connectivity index (χ1v) is 6.85. The maximum atomic E-state index is 13.0. The van der Waals surface area contributed by atoms with Crippen LogP contribution in [0.2, 0.25) is 0 Å². The van der Waals surface area contributed by atoms with Crippen LogP contribution in [0.15, 0.2) is 41.1 Å². The Kier molecular flexibility index (Phi) is 4.68. The number of benzene rings is 1. The molecule has 0 saturated heterocycles. The minimum Gasteiger partial charge on any atom is -0.383 e. The van der Waals surface area contributed by atoms with Crippen LogP contribution >= 0.6 is 15.9 Å². The molecule has 2 N–H and O–H groups in total. The molecule has 1 aromatic heterocycles. The van der Waals surface area contributed by atoms with E-state index < -0.39 is 0 Å². The molecule has 1 heterocycles. The van der Waals surface area contributed by atoms with Gasteiger partial charge in [0, 0.05) is 17.2 Å². The Morgan fingerprint density at radius 3 is 2.85 bits per heavy atom. The van der Waals surface area contributed by atoms with Crippen molar-refractivity contribution in [2.24, 2.45) is 0 Å². The molecule has 20 heavy (non-hydrogen) atoms. The van der Waals surface area contributed by atoms with E-state index in [1.54, 1.807) is 18.5 Å². The van der Waals surface area contributed by atoms with Crippen molar-refractivity contribution in [1.29, 1.82) is 0 Å². The summed E-state index contributed by atoms with van der Waals surface area (Å²) in [7, 11) is 0. The Balaban J connectivity index is 2.24. The Labute approximate surface area is 124 Å². The van der Waals surface area contributed by atoms with Gasteiger partial charge < -0.3 is 10.6 Å². The van der Waals surface area contributed by atoms with E-state index in [0.717, 1.165) is 0 Å². The monoisotopic (exact) mass is 337 g/mol. The molecule has 0 aliphatic heterocycles. The van der Waals surface area contributed by atoms with Crippen molar-refractivity contribution in [2.45, 2.75) is 6.92 Å². The third-order valence-electron chi connectivity index (χ3n) is 2.61. The second kappa shape index (κ2) is 6.47. The van der Waals surface area contributed by atoms with E-state index in [9.17, 15) is 9.18 Å². The number of pyridine rings is 1. The van der Waals surface area contributed by atoms with Crippen LogP contribution in [-0.2, 0) is 0 Å². The third kappa shape index (κ3) is 3.33. The van der Waals surface area contributed by atoms with Gasteiger partial charge in [0.05, 0.1) is 23.1 Å². The molecule has 0 fully saturated rings. The number of carbonyl (C=O) groups excluding carboxylic acids is 1. The summed E-state index contributed by atoms with van der Waals surface area (Å²) in [5, 5.41) is 5.80. The molecule has 2 rings (SSSR count). The average Bonchev–Trinajstić information content (AvgIpc) is 2.43. The van der Waals surface area contributed by atoms with Gasteiger partial charge in [-0.2, -0.15) is 0 Å². The Morgan fingerprint density at radius 1 is 1.35 bits per heavy atom. The van der Waals surface area contributed by atoms with Crippen molar-refractivity contribution in [2.75, 3.05) is 17.2 Å². The zero-order valence-corrected chi connectivity index (χ0v) is 12.4. The van der Waals surface area contributed by atoms with Crippen molar-refractivity contribution >= 4 is 33.2 Å². The maximum Gasteiger partial charge on any atom is 0.257 e. The molecule has 0 spiro atoms. The van der Waals surface area contributed by atoms with E-state index in [1.807, 2.05) is 6.92 Å². The van der Waals surface area contributed by atoms with Gasteiger partial charge in [-0.05, 0) is 47.1 Å². The minimum atomic E-state index is -0.368. The quantitative estimate of drug-likeness (QED) is 0.894. The fourth-order valence-electron chi connectivity index (χ4n) is 1.70. The number of hydrogen-bond acceptors (Lipinski definition) is 3. The predicted molar refractivity (Wildman–Crippen MR) is 80.5 cm³/mol. The van der Waals surface area contributed by atoms with Crippen LogP contribution in [0.5, 0.6) is 0 Å². The van der Waals surface area contributed by atoms with Crippen molar-refractivity contribution in [3.8, 4) is 0 Å². The molecule has 1 amide bonds. The predicted octanol–water partition coefficient (Wildman–Crippen LogP) is 3.67. The standard InChI is InChI=1S/C14H13BrFN3O/c1-2-18-13-8-17-6-5-10(13)14(20)19-12-4-3-9(16)7-11(12)15/h3-8,18H,2H2,1H3,(H,19,20). The lowest BCUT2D eigenvalue weighted by Crippen LogP contribution is -2.15. The van der Waals surface area contributed by atoms with Gasteiger partial charge in [-0.15, -0.1) is 0 Å². The Morgan fingerprint density at radius 2 is 2.15 bits per heavy atom. The molecule has 0 atom stereocenters. The highest BCUT2D eigenvalue weighted by atomic mass is 79.9. The zero-order chi connectivity index (χ0) is 14.5. The van der Waals surface area contributed by atoms with Crippen LogP contribution in [0.1, 0.15) is 17.3 Å². The van der Waals surface area contributed by atoms with Gasteiger partial charge in [0.25, 0.3) is 5.91 Å². The largest absolute Gasteiger partial charge is 0.383 e. The summed E-state index contributed by atoms with van der Waals surface area (Å²) in [6, 6.07) is 5.72. The van der Waals surface area contributed by atoms with Gasteiger partial charge in [0.1, 0.15) is 5.82 Å². The molecule has 1 aromatic carbocycles. The smallest absolute Gasteiger partial charge is 0.257 e. The van der Waals surface area contributed by atoms with Gasteiger partial charge in [-0.1, -0.05) is 0 Å². The van der Waals surface area contributed by atoms with E-state index in [-0.39, 0.29) is 11.7 Å². The summed E-state index contributed by atoms with van der Waals surface area (Å²) >= 11 is 3.21. The lowest BCUT2D eigenvalue weighted by Gasteiger charge is -2.11. The molecule has 6 heteroatoms. The molecule has 0 bridgehead atoms. The molecule has 0 aliphatic rings. The third-order valence-corrected chi connectivity index (χ3v) is 3.27. The van der Waals surface area contributed by atoms with Crippen LogP contribution in [0.25, 0.3) is 0 Å². The van der Waals surface area contributed by atoms with Gasteiger partial charge in [-0.25, -0.2) is 4.39 Å². The number of nitrogens with one attached hydrogen (secondary N) is 2. The van der Waals surface area contributed by atoms with E-state index in [1.165, 1.54) is 18.2 Å². The number of aromatic nitrogens is 1. The van der Waals surface area contributed by atoms with Crippen LogP contribution < -0.4 is 10.6 Å². The maximum absolute atomic E-state index is 13.0. The SMILES string of the molecule is CCNc1cnccc1C(=O)Nc1ccc(F)cc1Br. The highest BCUT2D eigenvalue weighted by Gasteiger charge is 2.12. The molecule has 0 unspecified atom stereocenters. The van der Waals surface area contributed by atoms with Gasteiger partial charge in [0.2, 0.25) is 0 Å². The van der Waals surface area contributed by atoms with Crippen LogP contribution in [0, 0.1) is 5.82 Å². The summed E-state index contributed by atoms with van der Waals surface area (Å²) < 4.78 is 13.5. The molecular weight excluding hydrogens is 325 g/mol. The first-order chi connectivity index (χ1) is 9.61. The highest BCUT2D eigenvalue weighted by molar-refractivity contribution is 9.10. The van der Waals surface area contributed by atoms with Crippen molar-refractivity contribution in [3.63, 3.8) is 0 Å². The van der Waals surface area contributed by atoms with E-state index in [0.29, 0.717) is 28.0 Å². The number of amides is 1. The van der Waals surface area contributed by atoms with Gasteiger partial charge >= 0.3 is 0 Å². The minimum absolute atomic E-state index is 0.282. The van der Waals surface area contributed by atoms with E-state index in [4.69, 9.17) is 0 Å². The molecular formula is C14H13BrFN3O.